The highest BCUT2D eigenvalue weighted by molar-refractivity contribution is 4.67. The molecule has 21 heavy (non-hydrogen) atoms. The Morgan fingerprint density at radius 3 is 2.10 bits per heavy atom. The molecule has 1 rings (SSSR count). The van der Waals surface area contributed by atoms with Crippen LogP contribution in [0.1, 0.15) is 103 Å². The quantitative estimate of drug-likeness (QED) is 0.422. The highest BCUT2D eigenvalue weighted by atomic mass is 16.5. The van der Waals surface area contributed by atoms with Gasteiger partial charge < -0.3 is 9.84 Å². The molecular weight excluding hydrogens is 260 g/mol. The van der Waals surface area contributed by atoms with Crippen molar-refractivity contribution >= 4 is 0 Å². The fourth-order valence-electron chi connectivity index (χ4n) is 3.26. The molecule has 1 fully saturated rings. The maximum atomic E-state index is 9.98. The first-order valence-electron chi connectivity index (χ1n) is 9.62. The van der Waals surface area contributed by atoms with Gasteiger partial charge in [-0.15, -0.1) is 0 Å². The van der Waals surface area contributed by atoms with Crippen molar-refractivity contribution in [2.45, 2.75) is 115 Å². The lowest BCUT2D eigenvalue weighted by molar-refractivity contribution is 0.0782. The van der Waals surface area contributed by atoms with Gasteiger partial charge in [-0.2, -0.15) is 0 Å². The number of hydrogen-bond acceptors (Lipinski definition) is 2. The minimum absolute atomic E-state index is 0.0942. The first-order valence-corrected chi connectivity index (χ1v) is 9.62. The van der Waals surface area contributed by atoms with Crippen LogP contribution in [-0.4, -0.2) is 23.9 Å². The van der Waals surface area contributed by atoms with Gasteiger partial charge in [0.05, 0.1) is 12.2 Å². The van der Waals surface area contributed by atoms with Crippen LogP contribution in [0, 0.1) is 0 Å². The van der Waals surface area contributed by atoms with E-state index >= 15 is 0 Å². The molecule has 126 valence electrons. The highest BCUT2D eigenvalue weighted by Gasteiger charge is 2.16. The summed E-state index contributed by atoms with van der Waals surface area (Å²) in [5.74, 6) is 0. The average molecular weight is 299 g/mol. The SMILES string of the molecule is CCCCCCCCCCCCC(O)CCC1CCCO1. The molecule has 1 N–H and O–H groups in total. The van der Waals surface area contributed by atoms with Crippen LogP contribution in [0.25, 0.3) is 0 Å². The Hall–Kier alpha value is -0.0800. The molecule has 0 aliphatic carbocycles. The molecule has 1 aliphatic rings. The second-order valence-electron chi connectivity index (χ2n) is 6.84. The Balaban J connectivity index is 1.76. The van der Waals surface area contributed by atoms with E-state index in [4.69, 9.17) is 4.74 Å². The summed E-state index contributed by atoms with van der Waals surface area (Å²) in [7, 11) is 0. The van der Waals surface area contributed by atoms with Crippen molar-refractivity contribution < 1.29 is 9.84 Å². The lowest BCUT2D eigenvalue weighted by atomic mass is 10.0. The summed E-state index contributed by atoms with van der Waals surface area (Å²) in [4.78, 5) is 0. The van der Waals surface area contributed by atoms with Gasteiger partial charge in [0.1, 0.15) is 0 Å². The minimum Gasteiger partial charge on any atom is -0.393 e. The van der Waals surface area contributed by atoms with Crippen molar-refractivity contribution in [2.75, 3.05) is 6.61 Å². The first-order chi connectivity index (χ1) is 10.3. The van der Waals surface area contributed by atoms with E-state index in [1.807, 2.05) is 0 Å². The van der Waals surface area contributed by atoms with Crippen molar-refractivity contribution in [1.82, 2.24) is 0 Å². The summed E-state index contributed by atoms with van der Waals surface area (Å²) in [6.45, 7) is 3.20. The Morgan fingerprint density at radius 1 is 0.905 bits per heavy atom. The van der Waals surface area contributed by atoms with Crippen LogP contribution in [0.3, 0.4) is 0 Å². The molecule has 2 nitrogen and oxygen atoms in total. The van der Waals surface area contributed by atoms with Crippen LogP contribution in [0.2, 0.25) is 0 Å². The van der Waals surface area contributed by atoms with E-state index in [2.05, 4.69) is 6.92 Å². The second kappa shape index (κ2) is 13.6. The molecule has 0 aromatic heterocycles. The number of rotatable bonds is 14. The van der Waals surface area contributed by atoms with E-state index in [1.165, 1.54) is 77.0 Å². The zero-order chi connectivity index (χ0) is 15.2. The number of aliphatic hydroxyl groups excluding tert-OH is 1. The molecule has 2 heteroatoms. The van der Waals surface area contributed by atoms with Gasteiger partial charge in [0.15, 0.2) is 0 Å². The van der Waals surface area contributed by atoms with Gasteiger partial charge in [-0.25, -0.2) is 0 Å². The molecule has 0 saturated carbocycles. The standard InChI is InChI=1S/C19H38O2/c1-2-3-4-5-6-7-8-9-10-11-13-18(20)15-16-19-14-12-17-21-19/h18-20H,2-17H2,1H3. The fourth-order valence-corrected chi connectivity index (χ4v) is 3.26. The van der Waals surface area contributed by atoms with E-state index in [0.29, 0.717) is 6.10 Å². The van der Waals surface area contributed by atoms with Gasteiger partial charge in [0.25, 0.3) is 0 Å². The summed E-state index contributed by atoms with van der Waals surface area (Å²) in [6.07, 6.45) is 19.4. The van der Waals surface area contributed by atoms with Crippen LogP contribution >= 0.6 is 0 Å². The van der Waals surface area contributed by atoms with E-state index in [0.717, 1.165) is 25.9 Å². The van der Waals surface area contributed by atoms with Gasteiger partial charge in [-0.3, -0.25) is 0 Å². The van der Waals surface area contributed by atoms with E-state index < -0.39 is 0 Å². The zero-order valence-electron chi connectivity index (χ0n) is 14.3. The molecular formula is C19H38O2. The summed E-state index contributed by atoms with van der Waals surface area (Å²) >= 11 is 0. The number of ether oxygens (including phenoxy) is 1. The summed E-state index contributed by atoms with van der Waals surface area (Å²) < 4.78 is 5.60. The number of aliphatic hydroxyl groups is 1. The largest absolute Gasteiger partial charge is 0.393 e. The Kier molecular flexibility index (Phi) is 12.3. The lowest BCUT2D eigenvalue weighted by Crippen LogP contribution is -2.12. The van der Waals surface area contributed by atoms with Crippen LogP contribution in [0.5, 0.6) is 0 Å². The van der Waals surface area contributed by atoms with E-state index in [1.54, 1.807) is 0 Å². The monoisotopic (exact) mass is 298 g/mol. The minimum atomic E-state index is -0.0942. The van der Waals surface area contributed by atoms with Crippen LogP contribution < -0.4 is 0 Å². The van der Waals surface area contributed by atoms with Gasteiger partial charge in [-0.1, -0.05) is 71.1 Å². The fraction of sp³-hybridized carbons (Fsp3) is 1.00. The van der Waals surface area contributed by atoms with Crippen molar-refractivity contribution in [3.8, 4) is 0 Å². The predicted octanol–water partition coefficient (Wildman–Crippen LogP) is 5.62. The van der Waals surface area contributed by atoms with Crippen molar-refractivity contribution in [1.29, 1.82) is 0 Å². The Labute approximate surface area is 132 Å². The Morgan fingerprint density at radius 2 is 1.52 bits per heavy atom. The third kappa shape index (κ3) is 11.2. The van der Waals surface area contributed by atoms with E-state index in [9.17, 15) is 5.11 Å². The molecule has 0 radical (unpaired) electrons. The van der Waals surface area contributed by atoms with Crippen molar-refractivity contribution in [2.24, 2.45) is 0 Å². The van der Waals surface area contributed by atoms with Gasteiger partial charge in [0.2, 0.25) is 0 Å². The van der Waals surface area contributed by atoms with Gasteiger partial charge in [0, 0.05) is 6.61 Å². The third-order valence-electron chi connectivity index (χ3n) is 4.74. The molecule has 0 spiro atoms. The average Bonchev–Trinajstić information content (AvgIpc) is 3.00. The molecule has 2 atom stereocenters. The summed E-state index contributed by atoms with van der Waals surface area (Å²) in [5.41, 5.74) is 0. The third-order valence-corrected chi connectivity index (χ3v) is 4.74. The summed E-state index contributed by atoms with van der Waals surface area (Å²) in [6, 6.07) is 0. The molecule has 0 aromatic rings. The highest BCUT2D eigenvalue weighted by Crippen LogP contribution is 2.19. The predicted molar refractivity (Wildman–Crippen MR) is 90.7 cm³/mol. The van der Waals surface area contributed by atoms with Crippen molar-refractivity contribution in [3.05, 3.63) is 0 Å². The molecule has 0 bridgehead atoms. The maximum absolute atomic E-state index is 9.98. The molecule has 2 unspecified atom stereocenters. The van der Waals surface area contributed by atoms with Gasteiger partial charge in [-0.05, 0) is 32.1 Å². The van der Waals surface area contributed by atoms with E-state index in [-0.39, 0.29) is 6.10 Å². The van der Waals surface area contributed by atoms with Crippen LogP contribution in [-0.2, 0) is 4.74 Å². The normalized spacial score (nSPS) is 20.0. The lowest BCUT2D eigenvalue weighted by Gasteiger charge is -2.13. The Bertz CT molecular complexity index is 212. The van der Waals surface area contributed by atoms with Crippen LogP contribution in [0.4, 0.5) is 0 Å². The second-order valence-corrected chi connectivity index (χ2v) is 6.84. The van der Waals surface area contributed by atoms with Gasteiger partial charge >= 0.3 is 0 Å². The molecule has 1 aliphatic heterocycles. The molecule has 0 aromatic carbocycles. The molecule has 1 heterocycles. The van der Waals surface area contributed by atoms with Crippen molar-refractivity contribution in [3.63, 3.8) is 0 Å². The summed E-state index contributed by atoms with van der Waals surface area (Å²) in [5, 5.41) is 9.98. The topological polar surface area (TPSA) is 29.5 Å². The number of unbranched alkanes of at least 4 members (excludes halogenated alkanes) is 9. The smallest absolute Gasteiger partial charge is 0.0577 e. The molecule has 1 saturated heterocycles. The van der Waals surface area contributed by atoms with Crippen LogP contribution in [0.15, 0.2) is 0 Å². The first kappa shape index (κ1) is 19.0. The molecule has 0 amide bonds. The number of hydrogen-bond donors (Lipinski definition) is 1. The maximum Gasteiger partial charge on any atom is 0.0577 e. The zero-order valence-corrected chi connectivity index (χ0v) is 14.3.